The number of methoxy groups -OCH3 is 2. The first-order valence-electron chi connectivity index (χ1n) is 13.2. The number of halogens is 2. The van der Waals surface area contributed by atoms with E-state index in [1.165, 1.54) is 26.4 Å². The van der Waals surface area contributed by atoms with Crippen LogP contribution < -0.4 is 18.5 Å². The number of phosphoric acid groups is 1. The number of carbonyl (C=O) groups excluding carboxylic acids is 2. The number of aryl methyl sites for hydroxylation is 2. The molecule has 0 aliphatic carbocycles. The van der Waals surface area contributed by atoms with Crippen LogP contribution in [0.15, 0.2) is 84.9 Å². The molecule has 0 saturated heterocycles. The highest BCUT2D eigenvalue weighted by Gasteiger charge is 2.28. The van der Waals surface area contributed by atoms with Crippen LogP contribution in [0, 0.1) is 0 Å². The van der Waals surface area contributed by atoms with Crippen LogP contribution in [-0.2, 0) is 17.4 Å². The molecule has 11 heteroatoms. The largest absolute Gasteiger partial charge is 0.585 e. The van der Waals surface area contributed by atoms with Crippen LogP contribution in [0.3, 0.4) is 0 Å². The molecule has 0 spiro atoms. The lowest BCUT2D eigenvalue weighted by Crippen LogP contribution is -2.04. The molecule has 0 bridgehead atoms. The van der Waals surface area contributed by atoms with Gasteiger partial charge in [0.05, 0.1) is 14.2 Å². The van der Waals surface area contributed by atoms with Crippen LogP contribution in [0.25, 0.3) is 0 Å². The summed E-state index contributed by atoms with van der Waals surface area (Å²) in [6, 6.07) is 22.9. The average Bonchev–Trinajstić information content (AvgIpc) is 3.00. The van der Waals surface area contributed by atoms with Crippen molar-refractivity contribution in [2.75, 3.05) is 14.2 Å². The maximum Gasteiger partial charge on any atom is 0.585 e. The molecule has 0 aromatic heterocycles. The quantitative estimate of drug-likeness (QED) is 0.108. The van der Waals surface area contributed by atoms with Gasteiger partial charge in [-0.3, -0.25) is 14.5 Å². The van der Waals surface area contributed by atoms with E-state index in [9.17, 15) is 19.0 Å². The zero-order chi connectivity index (χ0) is 31.0. The predicted octanol–water partition coefficient (Wildman–Crippen LogP) is 8.20. The Morgan fingerprint density at radius 2 is 1.00 bits per heavy atom. The number of rotatable bonds is 14. The number of phosphoric ester groups is 1. The van der Waals surface area contributed by atoms with Crippen molar-refractivity contribution in [1.29, 1.82) is 0 Å². The van der Waals surface area contributed by atoms with Gasteiger partial charge in [-0.05, 0) is 96.8 Å². The summed E-state index contributed by atoms with van der Waals surface area (Å²) in [4.78, 5) is 35.5. The first-order chi connectivity index (χ1) is 20.6. The summed E-state index contributed by atoms with van der Waals surface area (Å²) in [5.41, 5.74) is 2.66. The smallest absolute Gasteiger partial charge is 0.493 e. The van der Waals surface area contributed by atoms with Gasteiger partial charge < -0.3 is 18.5 Å². The summed E-state index contributed by atoms with van der Waals surface area (Å²) < 4.78 is 34.3. The highest BCUT2D eigenvalue weighted by Crippen LogP contribution is 2.49. The molecular formula is C32H29Cl2O8P. The maximum atomic E-state index is 12.9. The Morgan fingerprint density at radius 3 is 1.35 bits per heavy atom. The second-order valence-electron chi connectivity index (χ2n) is 9.48. The SMILES string of the molecule is COc1cc(CCC(=O)c2ccc(Cl)cc2)ccc1OP(=O)(O)Oc1ccc(CCC(=O)c2ccc(Cl)cc2)cc1OC. The van der Waals surface area contributed by atoms with Crippen LogP contribution in [0.1, 0.15) is 44.7 Å². The second-order valence-corrected chi connectivity index (χ2v) is 11.7. The van der Waals surface area contributed by atoms with E-state index < -0.39 is 7.82 Å². The summed E-state index contributed by atoms with van der Waals surface area (Å²) in [6.07, 6.45) is 1.33. The second kappa shape index (κ2) is 14.6. The minimum Gasteiger partial charge on any atom is -0.493 e. The fraction of sp³-hybridized carbons (Fsp3) is 0.188. The van der Waals surface area contributed by atoms with Crippen LogP contribution in [0.5, 0.6) is 23.0 Å². The number of ether oxygens (including phenoxy) is 2. The number of hydrogen-bond acceptors (Lipinski definition) is 7. The number of ketones is 2. The fourth-order valence-corrected chi connectivity index (χ4v) is 5.32. The minimum absolute atomic E-state index is 0.0163. The van der Waals surface area contributed by atoms with Gasteiger partial charge in [0, 0.05) is 34.0 Å². The van der Waals surface area contributed by atoms with Crippen molar-refractivity contribution in [1.82, 2.24) is 0 Å². The van der Waals surface area contributed by atoms with E-state index in [0.717, 1.165) is 11.1 Å². The standard InChI is InChI=1S/C32H29Cl2O8P/c1-39-31-19-21(3-15-27(35)23-7-11-25(33)12-8-23)5-17-29(31)41-43(37,38)42-30-18-6-22(20-32(30)40-2)4-16-28(36)24-9-13-26(34)14-10-24/h5-14,17-20H,3-4,15-16H2,1-2H3,(H,37,38). The van der Waals surface area contributed by atoms with Crippen LogP contribution in [0.4, 0.5) is 0 Å². The van der Waals surface area contributed by atoms with E-state index >= 15 is 0 Å². The fourth-order valence-electron chi connectivity index (χ4n) is 4.23. The lowest BCUT2D eigenvalue weighted by Gasteiger charge is -2.18. The van der Waals surface area contributed by atoms with Crippen molar-refractivity contribution in [3.05, 3.63) is 117 Å². The van der Waals surface area contributed by atoms with E-state index in [2.05, 4.69) is 0 Å². The van der Waals surface area contributed by atoms with Gasteiger partial charge in [0.25, 0.3) is 0 Å². The zero-order valence-electron chi connectivity index (χ0n) is 23.4. The molecule has 0 atom stereocenters. The van der Waals surface area contributed by atoms with Gasteiger partial charge in [0.2, 0.25) is 0 Å². The highest BCUT2D eigenvalue weighted by atomic mass is 35.5. The first-order valence-corrected chi connectivity index (χ1v) is 15.5. The van der Waals surface area contributed by atoms with Crippen LogP contribution >= 0.6 is 31.0 Å². The minimum atomic E-state index is -4.69. The molecule has 0 aliphatic heterocycles. The van der Waals surface area contributed by atoms with Gasteiger partial charge in [-0.2, -0.15) is 0 Å². The normalized spacial score (nSPS) is 11.1. The lowest BCUT2D eigenvalue weighted by molar-refractivity contribution is 0.0975. The Kier molecular flexibility index (Phi) is 10.9. The highest BCUT2D eigenvalue weighted by molar-refractivity contribution is 7.48. The number of benzene rings is 4. The summed E-state index contributed by atoms with van der Waals surface area (Å²) in [6.45, 7) is 0. The van der Waals surface area contributed by atoms with Crippen molar-refractivity contribution >= 4 is 42.6 Å². The molecule has 1 N–H and O–H groups in total. The molecule has 0 fully saturated rings. The summed E-state index contributed by atoms with van der Waals surface area (Å²) in [5, 5.41) is 1.10. The summed E-state index contributed by atoms with van der Waals surface area (Å²) in [7, 11) is -1.89. The van der Waals surface area contributed by atoms with Crippen molar-refractivity contribution in [3.8, 4) is 23.0 Å². The third-order valence-corrected chi connectivity index (χ3v) is 7.86. The van der Waals surface area contributed by atoms with Gasteiger partial charge in [-0.1, -0.05) is 35.3 Å². The van der Waals surface area contributed by atoms with E-state index in [1.807, 2.05) is 0 Å². The monoisotopic (exact) mass is 642 g/mol. The maximum absolute atomic E-state index is 12.9. The van der Waals surface area contributed by atoms with Crippen LogP contribution in [-0.4, -0.2) is 30.7 Å². The Hall–Kier alpha value is -3.81. The predicted molar refractivity (Wildman–Crippen MR) is 165 cm³/mol. The average molecular weight is 643 g/mol. The molecule has 0 heterocycles. The van der Waals surface area contributed by atoms with Crippen LogP contribution in [0.2, 0.25) is 10.0 Å². The lowest BCUT2D eigenvalue weighted by atomic mass is 10.0. The van der Waals surface area contributed by atoms with Crippen molar-refractivity contribution in [3.63, 3.8) is 0 Å². The number of hydrogen-bond donors (Lipinski definition) is 1. The molecule has 0 amide bonds. The van der Waals surface area contributed by atoms with E-state index in [0.29, 0.717) is 34.0 Å². The summed E-state index contributed by atoms with van der Waals surface area (Å²) >= 11 is 11.8. The Bertz CT molecular complexity index is 1520. The Labute approximate surface area is 259 Å². The van der Waals surface area contributed by atoms with Gasteiger partial charge in [-0.15, -0.1) is 0 Å². The molecule has 4 aromatic carbocycles. The summed E-state index contributed by atoms with van der Waals surface area (Å²) in [5.74, 6) is 0.272. The molecule has 224 valence electrons. The molecule has 0 saturated carbocycles. The molecule has 0 unspecified atom stereocenters. The molecule has 8 nitrogen and oxygen atoms in total. The molecule has 4 aromatic rings. The van der Waals surface area contributed by atoms with E-state index in [4.69, 9.17) is 41.7 Å². The van der Waals surface area contributed by atoms with E-state index in [-0.39, 0.29) is 47.4 Å². The number of Topliss-reactive ketones (excluding diaryl/α,β-unsaturated/α-hetero) is 2. The Balaban J connectivity index is 1.38. The third kappa shape index (κ3) is 9.09. The van der Waals surface area contributed by atoms with Crippen molar-refractivity contribution in [2.45, 2.75) is 25.7 Å². The van der Waals surface area contributed by atoms with Crippen molar-refractivity contribution < 1.29 is 37.6 Å². The van der Waals surface area contributed by atoms with Gasteiger partial charge in [-0.25, -0.2) is 4.57 Å². The molecule has 43 heavy (non-hydrogen) atoms. The molecule has 0 radical (unpaired) electrons. The van der Waals surface area contributed by atoms with Crippen molar-refractivity contribution in [2.24, 2.45) is 0 Å². The third-order valence-electron chi connectivity index (χ3n) is 6.50. The first kappa shape index (κ1) is 32.1. The molecule has 0 aliphatic rings. The molecule has 4 rings (SSSR count). The van der Waals surface area contributed by atoms with Gasteiger partial charge >= 0.3 is 7.82 Å². The van der Waals surface area contributed by atoms with E-state index in [1.54, 1.807) is 72.8 Å². The molecular weight excluding hydrogens is 614 g/mol. The topological polar surface area (TPSA) is 108 Å². The van der Waals surface area contributed by atoms with Gasteiger partial charge in [0.15, 0.2) is 34.6 Å². The Morgan fingerprint density at radius 1 is 0.628 bits per heavy atom. The number of carbonyl (C=O) groups is 2. The zero-order valence-corrected chi connectivity index (χ0v) is 25.8. The van der Waals surface area contributed by atoms with Gasteiger partial charge in [0.1, 0.15) is 0 Å².